The second kappa shape index (κ2) is 7.18. The van der Waals surface area contributed by atoms with Gasteiger partial charge in [0.2, 0.25) is 0 Å². The average Bonchev–Trinajstić information content (AvgIpc) is 3.11. The SMILES string of the molecule is COC(=O)O[C@]1(C2OCCO2)CC[C@@H](C2CCCCC2)CC1. The summed E-state index contributed by atoms with van der Waals surface area (Å²) in [5.41, 5.74) is -0.658. The molecule has 0 radical (unpaired) electrons. The molecule has 1 heterocycles. The topological polar surface area (TPSA) is 54.0 Å². The van der Waals surface area contributed by atoms with Crippen LogP contribution < -0.4 is 0 Å². The molecule has 0 aromatic carbocycles. The van der Waals surface area contributed by atoms with Crippen LogP contribution in [0.25, 0.3) is 0 Å². The highest BCUT2D eigenvalue weighted by atomic mass is 16.8. The molecule has 0 bridgehead atoms. The third-order valence-electron chi connectivity index (χ3n) is 5.70. The molecule has 0 unspecified atom stereocenters. The fourth-order valence-electron chi connectivity index (χ4n) is 4.46. The van der Waals surface area contributed by atoms with E-state index in [4.69, 9.17) is 18.9 Å². The number of carbonyl (C=O) groups excluding carboxylic acids is 1. The van der Waals surface area contributed by atoms with Crippen LogP contribution in [0.5, 0.6) is 0 Å². The zero-order chi connectivity index (χ0) is 15.4. The maximum atomic E-state index is 11.7. The van der Waals surface area contributed by atoms with E-state index < -0.39 is 18.0 Å². The molecule has 0 aromatic rings. The molecule has 5 nitrogen and oxygen atoms in total. The third kappa shape index (κ3) is 3.40. The summed E-state index contributed by atoms with van der Waals surface area (Å²) in [5, 5.41) is 0. The second-order valence-corrected chi connectivity index (χ2v) is 6.93. The zero-order valence-corrected chi connectivity index (χ0v) is 13.6. The van der Waals surface area contributed by atoms with Crippen LogP contribution in [-0.4, -0.2) is 38.4 Å². The van der Waals surface area contributed by atoms with E-state index in [0.717, 1.165) is 37.5 Å². The van der Waals surface area contributed by atoms with Crippen molar-refractivity contribution in [3.63, 3.8) is 0 Å². The predicted molar refractivity (Wildman–Crippen MR) is 80.4 cm³/mol. The van der Waals surface area contributed by atoms with E-state index in [1.807, 2.05) is 0 Å². The first-order chi connectivity index (χ1) is 10.7. The van der Waals surface area contributed by atoms with Crippen LogP contribution in [0.1, 0.15) is 57.8 Å². The Morgan fingerprint density at radius 2 is 1.55 bits per heavy atom. The first-order valence-corrected chi connectivity index (χ1v) is 8.74. The molecule has 0 aromatic heterocycles. The van der Waals surface area contributed by atoms with Gasteiger partial charge in [-0.25, -0.2) is 4.79 Å². The van der Waals surface area contributed by atoms with Crippen LogP contribution in [-0.2, 0) is 18.9 Å². The van der Waals surface area contributed by atoms with Gasteiger partial charge in [0, 0.05) is 0 Å². The van der Waals surface area contributed by atoms with E-state index in [1.54, 1.807) is 0 Å². The van der Waals surface area contributed by atoms with Gasteiger partial charge >= 0.3 is 6.16 Å². The lowest BCUT2D eigenvalue weighted by atomic mass is 9.69. The molecule has 0 amide bonds. The van der Waals surface area contributed by atoms with E-state index in [-0.39, 0.29) is 0 Å². The summed E-state index contributed by atoms with van der Waals surface area (Å²) >= 11 is 0. The van der Waals surface area contributed by atoms with Gasteiger partial charge in [0.25, 0.3) is 0 Å². The standard InChI is InChI=1S/C17H28O5/c1-19-16(18)22-17(15-20-11-12-21-15)9-7-14(8-10-17)13-5-3-2-4-6-13/h13-15H,2-12H2,1H3/t14-,17-. The largest absolute Gasteiger partial charge is 0.508 e. The van der Waals surface area contributed by atoms with Crippen molar-refractivity contribution in [3.8, 4) is 0 Å². The molecule has 3 fully saturated rings. The molecule has 126 valence electrons. The third-order valence-corrected chi connectivity index (χ3v) is 5.70. The summed E-state index contributed by atoms with van der Waals surface area (Å²) in [4.78, 5) is 11.7. The van der Waals surface area contributed by atoms with Gasteiger partial charge in [-0.05, 0) is 37.5 Å². The Morgan fingerprint density at radius 1 is 0.955 bits per heavy atom. The lowest BCUT2D eigenvalue weighted by Gasteiger charge is -2.43. The van der Waals surface area contributed by atoms with Crippen molar-refractivity contribution in [1.82, 2.24) is 0 Å². The highest BCUT2D eigenvalue weighted by Crippen LogP contribution is 2.45. The van der Waals surface area contributed by atoms with E-state index in [9.17, 15) is 4.79 Å². The monoisotopic (exact) mass is 312 g/mol. The molecule has 22 heavy (non-hydrogen) atoms. The average molecular weight is 312 g/mol. The van der Waals surface area contributed by atoms with Crippen LogP contribution in [0.2, 0.25) is 0 Å². The van der Waals surface area contributed by atoms with Crippen LogP contribution in [0.3, 0.4) is 0 Å². The van der Waals surface area contributed by atoms with Gasteiger partial charge < -0.3 is 18.9 Å². The summed E-state index contributed by atoms with van der Waals surface area (Å²) in [6.07, 6.45) is 9.62. The second-order valence-electron chi connectivity index (χ2n) is 6.93. The van der Waals surface area contributed by atoms with Gasteiger partial charge in [-0.3, -0.25) is 0 Å². The van der Waals surface area contributed by atoms with Crippen molar-refractivity contribution in [3.05, 3.63) is 0 Å². The number of hydrogen-bond acceptors (Lipinski definition) is 5. The Hall–Kier alpha value is -0.810. The maximum Gasteiger partial charge on any atom is 0.508 e. The molecule has 0 spiro atoms. The van der Waals surface area contributed by atoms with Crippen molar-refractivity contribution in [2.75, 3.05) is 20.3 Å². The number of methoxy groups -OCH3 is 1. The normalized spacial score (nSPS) is 34.5. The molecule has 1 aliphatic heterocycles. The summed E-state index contributed by atoms with van der Waals surface area (Å²) in [6.45, 7) is 1.14. The molecule has 0 atom stereocenters. The summed E-state index contributed by atoms with van der Waals surface area (Å²) in [6, 6.07) is 0. The first kappa shape index (κ1) is 16.1. The minimum Gasteiger partial charge on any atom is -0.438 e. The van der Waals surface area contributed by atoms with E-state index >= 15 is 0 Å². The Morgan fingerprint density at radius 3 is 2.14 bits per heavy atom. The summed E-state index contributed by atoms with van der Waals surface area (Å²) < 4.78 is 21.7. The van der Waals surface area contributed by atoms with Crippen LogP contribution in [0.4, 0.5) is 4.79 Å². The van der Waals surface area contributed by atoms with Crippen LogP contribution in [0, 0.1) is 11.8 Å². The number of carbonyl (C=O) groups is 1. The minimum atomic E-state index is -0.658. The van der Waals surface area contributed by atoms with Crippen LogP contribution in [0.15, 0.2) is 0 Å². The van der Waals surface area contributed by atoms with E-state index in [0.29, 0.717) is 13.2 Å². The molecule has 3 aliphatic rings. The number of ether oxygens (including phenoxy) is 4. The van der Waals surface area contributed by atoms with Gasteiger partial charge in [-0.1, -0.05) is 32.1 Å². The quantitative estimate of drug-likeness (QED) is 0.745. The smallest absolute Gasteiger partial charge is 0.438 e. The first-order valence-electron chi connectivity index (χ1n) is 8.74. The lowest BCUT2D eigenvalue weighted by Crippen LogP contribution is -2.50. The molecule has 3 rings (SSSR count). The zero-order valence-electron chi connectivity index (χ0n) is 13.6. The highest BCUT2D eigenvalue weighted by Gasteiger charge is 2.49. The maximum absolute atomic E-state index is 11.7. The van der Waals surface area contributed by atoms with Gasteiger partial charge in [-0.2, -0.15) is 0 Å². The van der Waals surface area contributed by atoms with Gasteiger partial charge in [0.15, 0.2) is 11.9 Å². The fraction of sp³-hybridized carbons (Fsp3) is 0.941. The fourth-order valence-corrected chi connectivity index (χ4v) is 4.46. The van der Waals surface area contributed by atoms with Crippen molar-refractivity contribution in [2.45, 2.75) is 69.7 Å². The van der Waals surface area contributed by atoms with Gasteiger partial charge in [-0.15, -0.1) is 0 Å². The Bertz CT molecular complexity index is 363. The Labute approximate surface area is 132 Å². The van der Waals surface area contributed by atoms with Crippen molar-refractivity contribution < 1.29 is 23.7 Å². The molecule has 2 saturated carbocycles. The lowest BCUT2D eigenvalue weighted by molar-refractivity contribution is -0.205. The van der Waals surface area contributed by atoms with Crippen molar-refractivity contribution >= 4 is 6.16 Å². The Kier molecular flexibility index (Phi) is 5.24. The molecular weight excluding hydrogens is 284 g/mol. The molecule has 1 saturated heterocycles. The number of rotatable bonds is 3. The van der Waals surface area contributed by atoms with E-state index in [1.165, 1.54) is 39.2 Å². The summed E-state index contributed by atoms with van der Waals surface area (Å²) in [5.74, 6) is 1.62. The van der Waals surface area contributed by atoms with Crippen LogP contribution >= 0.6 is 0 Å². The molecule has 0 N–H and O–H groups in total. The Balaban J connectivity index is 1.63. The van der Waals surface area contributed by atoms with Gasteiger partial charge in [0.1, 0.15) is 0 Å². The molecular formula is C17H28O5. The highest BCUT2D eigenvalue weighted by molar-refractivity contribution is 5.60. The van der Waals surface area contributed by atoms with E-state index in [2.05, 4.69) is 0 Å². The minimum absolute atomic E-state index is 0.432. The van der Waals surface area contributed by atoms with Gasteiger partial charge in [0.05, 0.1) is 20.3 Å². The molecule has 2 aliphatic carbocycles. The molecule has 5 heteroatoms. The summed E-state index contributed by atoms with van der Waals surface area (Å²) in [7, 11) is 1.35. The number of hydrogen-bond donors (Lipinski definition) is 0. The van der Waals surface area contributed by atoms with Crippen molar-refractivity contribution in [1.29, 1.82) is 0 Å². The predicted octanol–water partition coefficient (Wildman–Crippen LogP) is 3.65. The van der Waals surface area contributed by atoms with Crippen molar-refractivity contribution in [2.24, 2.45) is 11.8 Å².